The molecule has 0 aliphatic carbocycles. The molecule has 1 aliphatic rings. The summed E-state index contributed by atoms with van der Waals surface area (Å²) in [4.78, 5) is 4.55. The molecule has 3 rings (SSSR count). The van der Waals surface area contributed by atoms with E-state index in [1.165, 1.54) is 24.8 Å². The van der Waals surface area contributed by atoms with Gasteiger partial charge in [0.05, 0.1) is 6.04 Å². The molecule has 0 saturated carbocycles. The highest BCUT2D eigenvalue weighted by Gasteiger charge is 2.19. The fraction of sp³-hybridized carbons (Fsp3) is 0.500. The van der Waals surface area contributed by atoms with Gasteiger partial charge in [-0.15, -0.1) is 0 Å². The van der Waals surface area contributed by atoms with E-state index in [4.69, 9.17) is 4.52 Å². The molecule has 4 heteroatoms. The summed E-state index contributed by atoms with van der Waals surface area (Å²) in [6.07, 6.45) is 6.64. The molecule has 0 amide bonds. The highest BCUT2D eigenvalue weighted by Crippen LogP contribution is 2.20. The molecule has 1 aliphatic heterocycles. The van der Waals surface area contributed by atoms with Crippen molar-refractivity contribution < 1.29 is 4.52 Å². The Bertz CT molecular complexity index is 516. The molecular weight excluding hydrogens is 250 g/mol. The van der Waals surface area contributed by atoms with Gasteiger partial charge in [0.15, 0.2) is 5.82 Å². The average Bonchev–Trinajstić information content (AvgIpc) is 2.80. The Hall–Kier alpha value is -1.68. The van der Waals surface area contributed by atoms with Crippen LogP contribution < -0.4 is 5.32 Å². The number of hydrogen-bond acceptors (Lipinski definition) is 4. The van der Waals surface area contributed by atoms with Gasteiger partial charge >= 0.3 is 0 Å². The van der Waals surface area contributed by atoms with Gasteiger partial charge in [-0.2, -0.15) is 4.98 Å². The number of rotatable bonds is 4. The summed E-state index contributed by atoms with van der Waals surface area (Å²) >= 11 is 0. The first-order chi connectivity index (χ1) is 9.92. The van der Waals surface area contributed by atoms with Crippen LogP contribution in [0.5, 0.6) is 0 Å². The zero-order valence-electron chi connectivity index (χ0n) is 11.7. The fourth-order valence-electron chi connectivity index (χ4n) is 2.66. The minimum absolute atomic E-state index is 0.270. The topological polar surface area (TPSA) is 51.0 Å². The maximum Gasteiger partial charge on any atom is 0.227 e. The Kier molecular flexibility index (Phi) is 4.43. The van der Waals surface area contributed by atoms with Gasteiger partial charge < -0.3 is 9.84 Å². The summed E-state index contributed by atoms with van der Waals surface area (Å²) in [6, 6.07) is 10.7. The third kappa shape index (κ3) is 3.45. The quantitative estimate of drug-likeness (QED) is 0.928. The second-order valence-corrected chi connectivity index (χ2v) is 5.39. The van der Waals surface area contributed by atoms with Gasteiger partial charge in [-0.25, -0.2) is 0 Å². The third-order valence-electron chi connectivity index (χ3n) is 3.83. The molecule has 1 aromatic carbocycles. The lowest BCUT2D eigenvalue weighted by molar-refractivity contribution is 0.364. The minimum Gasteiger partial charge on any atom is -0.339 e. The van der Waals surface area contributed by atoms with Gasteiger partial charge in [0.25, 0.3) is 0 Å². The maximum atomic E-state index is 5.38. The summed E-state index contributed by atoms with van der Waals surface area (Å²) in [5.41, 5.74) is 1.31. The van der Waals surface area contributed by atoms with E-state index in [2.05, 4.69) is 39.7 Å². The average molecular weight is 271 g/mol. The fourth-order valence-corrected chi connectivity index (χ4v) is 2.66. The molecule has 0 spiro atoms. The number of aromatic nitrogens is 2. The van der Waals surface area contributed by atoms with Crippen LogP contribution in [0.1, 0.15) is 49.0 Å². The van der Waals surface area contributed by atoms with Crippen molar-refractivity contribution in [3.05, 3.63) is 47.6 Å². The summed E-state index contributed by atoms with van der Waals surface area (Å²) in [7, 11) is 0. The van der Waals surface area contributed by atoms with Crippen molar-refractivity contribution in [2.45, 2.75) is 44.6 Å². The number of hydrogen-bond donors (Lipinski definition) is 1. The van der Waals surface area contributed by atoms with Crippen molar-refractivity contribution in [2.75, 3.05) is 6.54 Å². The number of aryl methyl sites for hydroxylation is 2. The van der Waals surface area contributed by atoms with Gasteiger partial charge in [0.1, 0.15) is 0 Å². The molecule has 1 atom stereocenters. The van der Waals surface area contributed by atoms with Gasteiger partial charge in [-0.1, -0.05) is 48.3 Å². The van der Waals surface area contributed by atoms with Crippen LogP contribution in [0.4, 0.5) is 0 Å². The Morgan fingerprint density at radius 2 is 2.00 bits per heavy atom. The first-order valence-electron chi connectivity index (χ1n) is 7.51. The molecule has 1 aromatic heterocycles. The second-order valence-electron chi connectivity index (χ2n) is 5.39. The van der Waals surface area contributed by atoms with E-state index < -0.39 is 0 Å². The van der Waals surface area contributed by atoms with Crippen LogP contribution in [0, 0.1) is 0 Å². The van der Waals surface area contributed by atoms with Crippen molar-refractivity contribution in [1.82, 2.24) is 15.5 Å². The van der Waals surface area contributed by atoms with Crippen LogP contribution in [0.25, 0.3) is 0 Å². The maximum absolute atomic E-state index is 5.38. The molecule has 4 nitrogen and oxygen atoms in total. The molecule has 0 bridgehead atoms. The van der Waals surface area contributed by atoms with E-state index in [-0.39, 0.29) is 6.04 Å². The predicted molar refractivity (Wildman–Crippen MR) is 77.4 cm³/mol. The lowest BCUT2D eigenvalue weighted by Crippen LogP contribution is -2.21. The molecule has 1 saturated heterocycles. The van der Waals surface area contributed by atoms with Crippen LogP contribution in [-0.4, -0.2) is 16.7 Å². The van der Waals surface area contributed by atoms with E-state index in [0.717, 1.165) is 37.5 Å². The first kappa shape index (κ1) is 13.3. The van der Waals surface area contributed by atoms with Crippen molar-refractivity contribution in [3.63, 3.8) is 0 Å². The largest absolute Gasteiger partial charge is 0.339 e. The Labute approximate surface area is 119 Å². The smallest absolute Gasteiger partial charge is 0.227 e. The zero-order chi connectivity index (χ0) is 13.6. The third-order valence-corrected chi connectivity index (χ3v) is 3.83. The van der Waals surface area contributed by atoms with Crippen LogP contribution in [-0.2, 0) is 12.8 Å². The van der Waals surface area contributed by atoms with Crippen molar-refractivity contribution in [1.29, 1.82) is 0 Å². The SMILES string of the molecule is c1ccc(CCc2nc(C3CCCCCN3)no2)cc1. The molecule has 1 fully saturated rings. The van der Waals surface area contributed by atoms with Gasteiger partial charge in [-0.05, 0) is 31.4 Å². The molecule has 1 unspecified atom stereocenters. The summed E-state index contributed by atoms with van der Waals surface area (Å²) in [6.45, 7) is 1.05. The Balaban J connectivity index is 1.58. The lowest BCUT2D eigenvalue weighted by Gasteiger charge is -2.09. The first-order valence-corrected chi connectivity index (χ1v) is 7.51. The van der Waals surface area contributed by atoms with E-state index in [0.29, 0.717) is 0 Å². The van der Waals surface area contributed by atoms with Crippen molar-refractivity contribution in [3.8, 4) is 0 Å². The lowest BCUT2D eigenvalue weighted by atomic mass is 10.1. The molecule has 2 aromatic rings. The summed E-state index contributed by atoms with van der Waals surface area (Å²) in [5.74, 6) is 1.57. The number of benzene rings is 1. The van der Waals surface area contributed by atoms with E-state index >= 15 is 0 Å². The molecule has 20 heavy (non-hydrogen) atoms. The van der Waals surface area contributed by atoms with Gasteiger partial charge in [-0.3, -0.25) is 0 Å². The highest BCUT2D eigenvalue weighted by molar-refractivity contribution is 5.15. The van der Waals surface area contributed by atoms with Crippen molar-refractivity contribution >= 4 is 0 Å². The predicted octanol–water partition coefficient (Wildman–Crippen LogP) is 3.06. The highest BCUT2D eigenvalue weighted by atomic mass is 16.5. The monoisotopic (exact) mass is 271 g/mol. The summed E-state index contributed by atoms with van der Waals surface area (Å²) in [5, 5.41) is 7.65. The van der Waals surface area contributed by atoms with Crippen LogP contribution in [0.2, 0.25) is 0 Å². The Morgan fingerprint density at radius 1 is 1.10 bits per heavy atom. The molecule has 0 radical (unpaired) electrons. The zero-order valence-corrected chi connectivity index (χ0v) is 11.7. The Morgan fingerprint density at radius 3 is 2.90 bits per heavy atom. The van der Waals surface area contributed by atoms with Gasteiger partial charge in [0, 0.05) is 6.42 Å². The van der Waals surface area contributed by atoms with E-state index in [1.54, 1.807) is 0 Å². The molecular formula is C16H21N3O. The minimum atomic E-state index is 0.270. The van der Waals surface area contributed by atoms with E-state index in [1.807, 2.05) is 6.07 Å². The van der Waals surface area contributed by atoms with Crippen LogP contribution in [0.3, 0.4) is 0 Å². The number of nitrogens with zero attached hydrogens (tertiary/aromatic N) is 2. The van der Waals surface area contributed by atoms with Gasteiger partial charge in [0.2, 0.25) is 5.89 Å². The normalized spacial score (nSPS) is 19.7. The van der Waals surface area contributed by atoms with Crippen molar-refractivity contribution in [2.24, 2.45) is 0 Å². The van der Waals surface area contributed by atoms with E-state index in [9.17, 15) is 0 Å². The molecule has 2 heterocycles. The number of nitrogens with one attached hydrogen (secondary N) is 1. The molecule has 106 valence electrons. The molecule has 1 N–H and O–H groups in total. The standard InChI is InChI=1S/C16H21N3O/c1-3-7-13(8-4-1)10-11-15-18-16(19-20-15)14-9-5-2-6-12-17-14/h1,3-4,7-8,14,17H,2,5-6,9-12H2. The van der Waals surface area contributed by atoms with Crippen LogP contribution in [0.15, 0.2) is 34.9 Å². The summed E-state index contributed by atoms with van der Waals surface area (Å²) < 4.78 is 5.38. The second kappa shape index (κ2) is 6.66. The van der Waals surface area contributed by atoms with Crippen LogP contribution >= 0.6 is 0 Å².